The summed E-state index contributed by atoms with van der Waals surface area (Å²) < 4.78 is 43.5. The Bertz CT molecular complexity index is 988. The number of amides is 1. The van der Waals surface area contributed by atoms with E-state index in [4.69, 9.17) is 0 Å². The molecule has 0 aliphatic carbocycles. The van der Waals surface area contributed by atoms with E-state index in [1.165, 1.54) is 23.5 Å². The molecule has 4 aliphatic heterocycles. The van der Waals surface area contributed by atoms with E-state index in [1.807, 2.05) is 18.2 Å². The summed E-state index contributed by atoms with van der Waals surface area (Å²) in [5, 5.41) is 4.04. The van der Waals surface area contributed by atoms with Crippen LogP contribution in [0.4, 0.5) is 18.9 Å². The van der Waals surface area contributed by atoms with Crippen LogP contribution >= 0.6 is 11.5 Å². The van der Waals surface area contributed by atoms with Gasteiger partial charge in [-0.3, -0.25) is 9.69 Å². The number of hydrogen-bond donors (Lipinski definition) is 1. The number of benzene rings is 1. The van der Waals surface area contributed by atoms with Gasteiger partial charge in [0.05, 0.1) is 11.2 Å². The Morgan fingerprint density at radius 2 is 2.00 bits per heavy atom. The molecular formula is C22H28F3N5OS. The molecule has 6 rings (SSSR count). The summed E-state index contributed by atoms with van der Waals surface area (Å²) in [7, 11) is 1.54. The minimum atomic E-state index is -4.19. The summed E-state index contributed by atoms with van der Waals surface area (Å²) in [5.74, 6) is 0.441. The first-order chi connectivity index (χ1) is 15.3. The number of rotatable bonds is 5. The number of hydrogen-bond acceptors (Lipinski definition) is 6. The Hall–Kier alpha value is -1.91. The van der Waals surface area contributed by atoms with Crippen molar-refractivity contribution in [3.05, 3.63) is 23.9 Å². The Balaban J connectivity index is 1.26. The number of fused-ring (bicyclic) bond motifs is 4. The van der Waals surface area contributed by atoms with Crippen LogP contribution in [0.3, 0.4) is 0 Å². The number of nitrogens with one attached hydrogen (secondary N) is 1. The maximum absolute atomic E-state index is 12.9. The second kappa shape index (κ2) is 8.46. The zero-order valence-electron chi connectivity index (χ0n) is 18.1. The molecule has 10 heteroatoms. The second-order valence-electron chi connectivity index (χ2n) is 9.35. The number of aromatic nitrogens is 1. The Kier molecular flexibility index (Phi) is 5.79. The van der Waals surface area contributed by atoms with Crippen molar-refractivity contribution < 1.29 is 18.0 Å². The maximum atomic E-state index is 12.9. The monoisotopic (exact) mass is 467 g/mol. The van der Waals surface area contributed by atoms with Gasteiger partial charge in [-0.2, -0.15) is 17.5 Å². The average Bonchev–Trinajstić information content (AvgIpc) is 3.40. The van der Waals surface area contributed by atoms with Gasteiger partial charge in [-0.25, -0.2) is 0 Å². The van der Waals surface area contributed by atoms with Crippen LogP contribution < -0.4 is 10.2 Å². The molecule has 0 radical (unpaired) electrons. The Morgan fingerprint density at radius 1 is 1.22 bits per heavy atom. The van der Waals surface area contributed by atoms with E-state index >= 15 is 0 Å². The third kappa shape index (κ3) is 4.45. The zero-order valence-corrected chi connectivity index (χ0v) is 18.9. The van der Waals surface area contributed by atoms with Crippen LogP contribution in [0.25, 0.3) is 10.1 Å². The lowest BCUT2D eigenvalue weighted by atomic mass is 9.84. The number of likely N-dealkylation sites (N-methyl/N-ethyl adjacent to an activating group) is 1. The van der Waals surface area contributed by atoms with Crippen molar-refractivity contribution in [2.24, 2.45) is 5.92 Å². The quantitative estimate of drug-likeness (QED) is 0.732. The predicted octanol–water partition coefficient (Wildman–Crippen LogP) is 3.19. The van der Waals surface area contributed by atoms with Gasteiger partial charge in [0.2, 0.25) is 0 Å². The summed E-state index contributed by atoms with van der Waals surface area (Å²) in [5.41, 5.74) is 1.44. The van der Waals surface area contributed by atoms with Crippen LogP contribution in [0.2, 0.25) is 0 Å². The van der Waals surface area contributed by atoms with Crippen LogP contribution in [0, 0.1) is 5.92 Å². The molecule has 5 heterocycles. The van der Waals surface area contributed by atoms with Gasteiger partial charge in [-0.1, -0.05) is 0 Å². The maximum Gasteiger partial charge on any atom is 0.401 e. The topological polar surface area (TPSA) is 51.7 Å². The van der Waals surface area contributed by atoms with Gasteiger partial charge in [-0.05, 0) is 75.0 Å². The number of alkyl halides is 3. The summed E-state index contributed by atoms with van der Waals surface area (Å²) in [6, 6.07) is 5.94. The first kappa shape index (κ1) is 21.9. The van der Waals surface area contributed by atoms with Crippen molar-refractivity contribution in [2.45, 2.75) is 37.5 Å². The van der Waals surface area contributed by atoms with Gasteiger partial charge in [0, 0.05) is 42.8 Å². The number of carbonyl (C=O) groups is 1. The summed E-state index contributed by atoms with van der Waals surface area (Å²) in [4.78, 5) is 18.9. The standard InChI is InChI=1S/C22H28F3N5OS/c1-28(13-22(23,24)25)16-6-9-30(11-16)15-2-3-17-19(10-15)32-27-20(17)21(31)26-18-12-29-7-4-14(18)5-8-29/h2-3,10,14,16,18H,4-9,11-13H2,1H3,(H,26,31)/t16?,18-/m1/s1. The van der Waals surface area contributed by atoms with Gasteiger partial charge < -0.3 is 15.1 Å². The van der Waals surface area contributed by atoms with Crippen LogP contribution in [-0.4, -0.2) is 84.7 Å². The minimum absolute atomic E-state index is 0.113. The molecule has 1 aromatic carbocycles. The van der Waals surface area contributed by atoms with Crippen LogP contribution in [0.1, 0.15) is 29.8 Å². The van der Waals surface area contributed by atoms with Crippen LogP contribution in [0.15, 0.2) is 18.2 Å². The molecule has 174 valence electrons. The third-order valence-electron chi connectivity index (χ3n) is 7.22. The molecule has 1 aromatic heterocycles. The molecule has 4 fully saturated rings. The van der Waals surface area contributed by atoms with Gasteiger partial charge in [-0.15, -0.1) is 0 Å². The highest BCUT2D eigenvalue weighted by molar-refractivity contribution is 7.13. The summed E-state index contributed by atoms with van der Waals surface area (Å²) >= 11 is 1.30. The highest BCUT2D eigenvalue weighted by Crippen LogP contribution is 2.32. The van der Waals surface area contributed by atoms with Crippen molar-refractivity contribution in [3.8, 4) is 0 Å². The molecule has 32 heavy (non-hydrogen) atoms. The van der Waals surface area contributed by atoms with Crippen molar-refractivity contribution in [1.29, 1.82) is 0 Å². The molecular weight excluding hydrogens is 439 g/mol. The van der Waals surface area contributed by atoms with E-state index in [0.717, 1.165) is 48.2 Å². The predicted molar refractivity (Wildman–Crippen MR) is 119 cm³/mol. The Labute approximate surface area is 189 Å². The van der Waals surface area contributed by atoms with Gasteiger partial charge in [0.15, 0.2) is 0 Å². The molecule has 2 aromatic rings. The first-order valence-corrected chi connectivity index (χ1v) is 12.0. The molecule has 1 amide bonds. The van der Waals surface area contributed by atoms with Gasteiger partial charge in [0.25, 0.3) is 5.91 Å². The molecule has 4 saturated heterocycles. The molecule has 1 unspecified atom stereocenters. The van der Waals surface area contributed by atoms with E-state index in [-0.39, 0.29) is 18.0 Å². The molecule has 6 nitrogen and oxygen atoms in total. The highest BCUT2D eigenvalue weighted by atomic mass is 32.1. The van der Waals surface area contributed by atoms with E-state index < -0.39 is 12.7 Å². The lowest BCUT2D eigenvalue weighted by Crippen LogP contribution is -2.57. The lowest BCUT2D eigenvalue weighted by molar-refractivity contribution is -0.146. The van der Waals surface area contributed by atoms with Crippen molar-refractivity contribution in [3.63, 3.8) is 0 Å². The lowest BCUT2D eigenvalue weighted by Gasteiger charge is -2.44. The zero-order chi connectivity index (χ0) is 22.5. The van der Waals surface area contributed by atoms with Crippen LogP contribution in [0.5, 0.6) is 0 Å². The smallest absolute Gasteiger partial charge is 0.370 e. The van der Waals surface area contributed by atoms with E-state index in [0.29, 0.717) is 31.1 Å². The number of carbonyl (C=O) groups excluding carboxylic acids is 1. The fraction of sp³-hybridized carbons (Fsp3) is 0.636. The highest BCUT2D eigenvalue weighted by Gasteiger charge is 2.36. The number of piperidine rings is 3. The molecule has 1 N–H and O–H groups in total. The number of halogens is 3. The minimum Gasteiger partial charge on any atom is -0.370 e. The summed E-state index contributed by atoms with van der Waals surface area (Å²) in [6.45, 7) is 3.55. The van der Waals surface area contributed by atoms with Crippen LogP contribution in [-0.2, 0) is 0 Å². The molecule has 2 bridgehead atoms. The van der Waals surface area contributed by atoms with Crippen molar-refractivity contribution >= 4 is 33.2 Å². The molecule has 2 atom stereocenters. The average molecular weight is 468 g/mol. The molecule has 4 aliphatic rings. The first-order valence-electron chi connectivity index (χ1n) is 11.2. The molecule has 0 saturated carbocycles. The Morgan fingerprint density at radius 3 is 2.69 bits per heavy atom. The van der Waals surface area contributed by atoms with E-state index in [2.05, 4.69) is 19.5 Å². The van der Waals surface area contributed by atoms with Crippen molar-refractivity contribution in [2.75, 3.05) is 51.2 Å². The normalized spacial score (nSPS) is 28.1. The van der Waals surface area contributed by atoms with Gasteiger partial charge in [0.1, 0.15) is 5.69 Å². The fourth-order valence-electron chi connectivity index (χ4n) is 5.40. The third-order valence-corrected chi connectivity index (χ3v) is 8.03. The van der Waals surface area contributed by atoms with E-state index in [1.54, 1.807) is 0 Å². The fourth-order valence-corrected chi connectivity index (χ4v) is 6.21. The summed E-state index contributed by atoms with van der Waals surface area (Å²) in [6.07, 6.45) is -1.21. The van der Waals surface area contributed by atoms with Gasteiger partial charge >= 0.3 is 6.18 Å². The second-order valence-corrected chi connectivity index (χ2v) is 10.2. The van der Waals surface area contributed by atoms with Crippen molar-refractivity contribution in [1.82, 2.24) is 19.5 Å². The molecule has 0 spiro atoms. The number of anilines is 1. The largest absolute Gasteiger partial charge is 0.401 e. The SMILES string of the molecule is CN(CC(F)(F)F)C1CCN(c2ccc3c(C(=O)N[C@@H]4CN5CCC4CC5)nsc3c2)C1. The number of nitrogens with zero attached hydrogens (tertiary/aromatic N) is 4. The van der Waals surface area contributed by atoms with E-state index in [9.17, 15) is 18.0 Å².